The molecule has 0 bridgehead atoms. The first-order valence-electron chi connectivity index (χ1n) is 20.0. The van der Waals surface area contributed by atoms with Crippen molar-refractivity contribution in [2.75, 3.05) is 4.90 Å². The zero-order valence-corrected chi connectivity index (χ0v) is 32.2. The van der Waals surface area contributed by atoms with Crippen LogP contribution in [0.1, 0.15) is 22.3 Å². The highest BCUT2D eigenvalue weighted by Gasteiger charge is 2.51. The predicted octanol–water partition coefficient (Wildman–Crippen LogP) is 15.0. The Morgan fingerprint density at radius 1 is 0.414 bits per heavy atom. The monoisotopic (exact) mass is 754 g/mol. The smallest absolute Gasteiger partial charge is 0.0755 e. The Kier molecular flexibility index (Phi) is 6.56. The standard InChI is InChI=1S/C55H34N2S/c1-2-16-36(17-3-1)56(47-27-10-5-18-37(47)35-32-33-40-39-20-7-13-31-51(39)58-52(40)34-35)50-30-15-25-45-53(50)42-21-4-8-23-43(42)55(45)44-24-9-12-29-49(44)57-48-28-11-6-19-38(48)41-22-14-26-46(55)54(41)57/h1-34H. The van der Waals surface area contributed by atoms with Crippen LogP contribution in [0.4, 0.5) is 17.1 Å². The van der Waals surface area contributed by atoms with Gasteiger partial charge in [0, 0.05) is 47.8 Å². The van der Waals surface area contributed by atoms with Gasteiger partial charge in [-0.1, -0.05) is 158 Å². The normalized spacial score (nSPS) is 15.0. The third kappa shape index (κ3) is 4.11. The van der Waals surface area contributed by atoms with Gasteiger partial charge in [-0.2, -0.15) is 0 Å². The third-order valence-corrected chi connectivity index (χ3v) is 13.9. The molecule has 9 aromatic carbocycles. The van der Waals surface area contributed by atoms with E-state index in [0.29, 0.717) is 0 Å². The first-order valence-corrected chi connectivity index (χ1v) is 20.8. The molecule has 0 radical (unpaired) electrons. The summed E-state index contributed by atoms with van der Waals surface area (Å²) < 4.78 is 5.14. The first-order chi connectivity index (χ1) is 28.8. The van der Waals surface area contributed by atoms with Crippen molar-refractivity contribution in [3.05, 3.63) is 229 Å². The van der Waals surface area contributed by atoms with E-state index in [4.69, 9.17) is 0 Å². The average Bonchev–Trinajstić information content (AvgIpc) is 3.93. The van der Waals surface area contributed by atoms with Crippen LogP contribution in [0.15, 0.2) is 206 Å². The summed E-state index contributed by atoms with van der Waals surface area (Å²) in [5.74, 6) is 0. The van der Waals surface area contributed by atoms with Gasteiger partial charge in [0.25, 0.3) is 0 Å². The number of nitrogens with zero attached hydrogens (tertiary/aromatic N) is 2. The second-order valence-corrected chi connectivity index (χ2v) is 16.6. The van der Waals surface area contributed by atoms with E-state index in [1.165, 1.54) is 97.9 Å². The summed E-state index contributed by atoms with van der Waals surface area (Å²) in [5.41, 5.74) is 16.9. The Morgan fingerprint density at radius 3 is 1.97 bits per heavy atom. The Labute approximate surface area is 340 Å². The molecule has 0 N–H and O–H groups in total. The van der Waals surface area contributed by atoms with Gasteiger partial charge in [0.1, 0.15) is 0 Å². The van der Waals surface area contributed by atoms with Crippen molar-refractivity contribution in [3.8, 4) is 27.9 Å². The second-order valence-electron chi connectivity index (χ2n) is 15.6. The van der Waals surface area contributed by atoms with E-state index in [0.717, 1.165) is 11.4 Å². The van der Waals surface area contributed by atoms with E-state index in [1.807, 2.05) is 11.3 Å². The lowest BCUT2D eigenvalue weighted by Gasteiger charge is -2.39. The number of rotatable bonds is 4. The van der Waals surface area contributed by atoms with Gasteiger partial charge in [-0.25, -0.2) is 0 Å². The van der Waals surface area contributed by atoms with Crippen LogP contribution in [0.5, 0.6) is 0 Å². The largest absolute Gasteiger partial charge is 0.309 e. The maximum atomic E-state index is 2.52. The van der Waals surface area contributed by atoms with Crippen molar-refractivity contribution in [2.24, 2.45) is 0 Å². The van der Waals surface area contributed by atoms with Gasteiger partial charge < -0.3 is 9.47 Å². The number of fused-ring (bicyclic) bond motifs is 15. The maximum absolute atomic E-state index is 2.52. The third-order valence-electron chi connectivity index (χ3n) is 12.8. The molecule has 58 heavy (non-hydrogen) atoms. The van der Waals surface area contributed by atoms with Crippen LogP contribution in [0.2, 0.25) is 0 Å². The number of benzene rings is 9. The lowest BCUT2D eigenvalue weighted by atomic mass is 9.65. The SMILES string of the molecule is c1ccc(N(c2ccccc2-c2ccc3c(c2)sc2ccccc23)c2cccc3c2-c2ccccc2C32c3ccccc3-n3c4ccccc4c4cccc2c43)cc1. The minimum atomic E-state index is -0.531. The van der Waals surface area contributed by atoms with Crippen molar-refractivity contribution in [2.45, 2.75) is 5.41 Å². The fraction of sp³-hybridized carbons (Fsp3) is 0.0182. The Morgan fingerprint density at radius 2 is 1.05 bits per heavy atom. The molecule has 1 aliphatic carbocycles. The summed E-state index contributed by atoms with van der Waals surface area (Å²) in [7, 11) is 0. The molecule has 11 aromatic rings. The van der Waals surface area contributed by atoms with Gasteiger partial charge in [-0.3, -0.25) is 0 Å². The van der Waals surface area contributed by atoms with Crippen molar-refractivity contribution >= 4 is 70.4 Å². The molecule has 3 heterocycles. The topological polar surface area (TPSA) is 8.17 Å². The Hall–Kier alpha value is -7.20. The van der Waals surface area contributed by atoms with Crippen molar-refractivity contribution in [1.29, 1.82) is 0 Å². The van der Waals surface area contributed by atoms with Crippen LogP contribution in [-0.4, -0.2) is 4.57 Å². The van der Waals surface area contributed by atoms with Crippen LogP contribution < -0.4 is 4.90 Å². The molecule has 1 aliphatic heterocycles. The van der Waals surface area contributed by atoms with Gasteiger partial charge in [0.05, 0.1) is 33.5 Å². The van der Waals surface area contributed by atoms with Crippen LogP contribution >= 0.6 is 11.3 Å². The van der Waals surface area contributed by atoms with Crippen LogP contribution in [-0.2, 0) is 5.41 Å². The maximum Gasteiger partial charge on any atom is 0.0755 e. The highest BCUT2D eigenvalue weighted by molar-refractivity contribution is 7.25. The molecule has 2 aromatic heterocycles. The van der Waals surface area contributed by atoms with Crippen LogP contribution in [0.3, 0.4) is 0 Å². The van der Waals surface area contributed by atoms with Gasteiger partial charge in [0.15, 0.2) is 0 Å². The molecule has 0 fully saturated rings. The number of thiophene rings is 1. The fourth-order valence-corrected chi connectivity index (χ4v) is 11.7. The van der Waals surface area contributed by atoms with Gasteiger partial charge in [-0.05, 0) is 81.9 Å². The van der Waals surface area contributed by atoms with E-state index < -0.39 is 5.41 Å². The molecule has 1 unspecified atom stereocenters. The second kappa shape index (κ2) is 11.9. The molecular weight excluding hydrogens is 721 g/mol. The molecule has 2 nitrogen and oxygen atoms in total. The quantitative estimate of drug-likeness (QED) is 0.174. The zero-order chi connectivity index (χ0) is 38.0. The summed E-state index contributed by atoms with van der Waals surface area (Å²) in [6.45, 7) is 0. The molecule has 0 saturated heterocycles. The molecule has 270 valence electrons. The lowest BCUT2D eigenvalue weighted by Crippen LogP contribution is -2.33. The lowest BCUT2D eigenvalue weighted by molar-refractivity contribution is 0.748. The molecule has 3 heteroatoms. The van der Waals surface area contributed by atoms with E-state index in [-0.39, 0.29) is 0 Å². The van der Waals surface area contributed by atoms with Crippen molar-refractivity contribution in [3.63, 3.8) is 0 Å². The fourth-order valence-electron chi connectivity index (χ4n) is 10.6. The minimum Gasteiger partial charge on any atom is -0.309 e. The molecule has 0 amide bonds. The zero-order valence-electron chi connectivity index (χ0n) is 31.4. The summed E-state index contributed by atoms with van der Waals surface area (Å²) in [4.78, 5) is 2.51. The molecule has 1 atom stereocenters. The Balaban J connectivity index is 1.11. The van der Waals surface area contributed by atoms with Crippen molar-refractivity contribution < 1.29 is 0 Å². The highest BCUT2D eigenvalue weighted by Crippen LogP contribution is 2.63. The molecule has 13 rings (SSSR count). The van der Waals surface area contributed by atoms with E-state index in [9.17, 15) is 0 Å². The predicted molar refractivity (Wildman–Crippen MR) is 245 cm³/mol. The molecule has 0 saturated carbocycles. The number of hydrogen-bond acceptors (Lipinski definition) is 2. The number of aromatic nitrogens is 1. The van der Waals surface area contributed by atoms with Gasteiger partial charge >= 0.3 is 0 Å². The van der Waals surface area contributed by atoms with E-state index >= 15 is 0 Å². The summed E-state index contributed by atoms with van der Waals surface area (Å²) in [6.07, 6.45) is 0. The number of para-hydroxylation sites is 5. The molecular formula is C55H34N2S. The average molecular weight is 755 g/mol. The van der Waals surface area contributed by atoms with Gasteiger partial charge in [-0.15, -0.1) is 11.3 Å². The van der Waals surface area contributed by atoms with Crippen LogP contribution in [0, 0.1) is 0 Å². The summed E-state index contributed by atoms with van der Waals surface area (Å²) >= 11 is 1.87. The molecule has 1 spiro atoms. The number of anilines is 3. The van der Waals surface area contributed by atoms with Crippen molar-refractivity contribution in [1.82, 2.24) is 4.57 Å². The summed E-state index contributed by atoms with van der Waals surface area (Å²) in [6, 6.07) is 76.8. The first kappa shape index (κ1) is 31.9. The van der Waals surface area contributed by atoms with Crippen LogP contribution in [0.25, 0.3) is 69.9 Å². The summed E-state index contributed by atoms with van der Waals surface area (Å²) in [5, 5.41) is 5.21. The van der Waals surface area contributed by atoms with Gasteiger partial charge in [0.2, 0.25) is 0 Å². The molecule has 2 aliphatic rings. The number of hydrogen-bond donors (Lipinski definition) is 0. The van der Waals surface area contributed by atoms with E-state index in [1.54, 1.807) is 0 Å². The Bertz CT molecular complexity index is 3480. The minimum absolute atomic E-state index is 0.531. The highest BCUT2D eigenvalue weighted by atomic mass is 32.1. The van der Waals surface area contributed by atoms with E-state index in [2.05, 4.69) is 216 Å².